The van der Waals surface area contributed by atoms with E-state index in [1.165, 1.54) is 35.3 Å². The Bertz CT molecular complexity index is 1120. The molecule has 44 heavy (non-hydrogen) atoms. The van der Waals surface area contributed by atoms with Crippen LogP contribution in [0.3, 0.4) is 0 Å². The highest BCUT2D eigenvalue weighted by Crippen LogP contribution is 2.47. The van der Waals surface area contributed by atoms with E-state index in [1.54, 1.807) is 48.7 Å². The van der Waals surface area contributed by atoms with Gasteiger partial charge in [-0.05, 0) is 122 Å². The number of carbonyl (C=O) groups excluding carboxylic acids is 2. The number of ether oxygens (including phenoxy) is 3. The third-order valence-electron chi connectivity index (χ3n) is 6.73. The minimum Gasteiger partial charge on any atom is -0.496 e. The zero-order chi connectivity index (χ0) is 33.9. The van der Waals surface area contributed by atoms with Crippen LogP contribution in [0.4, 0.5) is 9.59 Å². The van der Waals surface area contributed by atoms with Crippen molar-refractivity contribution in [1.29, 1.82) is 0 Å². The van der Waals surface area contributed by atoms with Gasteiger partial charge in [-0.25, -0.2) is 14.6 Å². The van der Waals surface area contributed by atoms with E-state index in [-0.39, 0.29) is 5.96 Å². The topological polar surface area (TPSA) is 131 Å². The van der Waals surface area contributed by atoms with Crippen LogP contribution in [0.1, 0.15) is 76.6 Å². The van der Waals surface area contributed by atoms with Gasteiger partial charge in [-0.15, -0.1) is 35.3 Å². The summed E-state index contributed by atoms with van der Waals surface area (Å²) in [7, 11) is 1.65. The van der Waals surface area contributed by atoms with Crippen LogP contribution < -0.4 is 20.7 Å². The predicted octanol–water partition coefficient (Wildman–Crippen LogP) is 6.37. The Morgan fingerprint density at radius 1 is 0.932 bits per heavy atom. The Labute approximate surface area is 277 Å². The molecule has 1 aromatic rings. The lowest BCUT2D eigenvalue weighted by atomic mass is 9.97. The van der Waals surface area contributed by atoms with E-state index < -0.39 is 38.9 Å². The average Bonchev–Trinajstić information content (AvgIpc) is 2.91. The lowest BCUT2D eigenvalue weighted by Gasteiger charge is -2.38. The highest BCUT2D eigenvalue weighted by Gasteiger charge is 2.41. The first-order valence-corrected chi connectivity index (χ1v) is 18.2. The van der Waals surface area contributed by atoms with Crippen LogP contribution in [-0.2, 0) is 16.0 Å². The second kappa shape index (κ2) is 17.7. The largest absolute Gasteiger partial charge is 0.496 e. The van der Waals surface area contributed by atoms with Gasteiger partial charge < -0.3 is 30.0 Å². The van der Waals surface area contributed by atoms with Crippen molar-refractivity contribution >= 4 is 53.4 Å². The fourth-order valence-corrected chi connectivity index (χ4v) is 7.62. The van der Waals surface area contributed by atoms with E-state index in [2.05, 4.69) is 16.0 Å². The van der Waals surface area contributed by atoms with Gasteiger partial charge in [0.2, 0.25) is 5.96 Å². The van der Waals surface area contributed by atoms with Gasteiger partial charge in [-0.1, -0.05) is 0 Å². The molecule has 0 bridgehead atoms. The molecule has 13 heteroatoms. The van der Waals surface area contributed by atoms with Crippen molar-refractivity contribution in [3.8, 4) is 5.75 Å². The normalized spacial score (nSPS) is 14.0. The van der Waals surface area contributed by atoms with Crippen LogP contribution in [0.2, 0.25) is 0 Å². The molecule has 0 spiro atoms. The molecule has 0 radical (unpaired) electrons. The number of nitrogens with one attached hydrogen (secondary N) is 3. The number of aliphatic hydroxyl groups excluding tert-OH is 1. The number of rotatable bonds is 13. The molecule has 0 aliphatic rings. The lowest BCUT2D eigenvalue weighted by Crippen LogP contribution is -2.52. The number of amides is 2. The summed E-state index contributed by atoms with van der Waals surface area (Å²) >= 11 is 4.62. The summed E-state index contributed by atoms with van der Waals surface area (Å²) in [6.07, 6.45) is 4.77. The minimum atomic E-state index is -0.868. The third kappa shape index (κ3) is 12.8. The number of hydrogen-bond acceptors (Lipinski definition) is 10. The lowest BCUT2D eigenvalue weighted by molar-refractivity contribution is 0.0421. The van der Waals surface area contributed by atoms with E-state index in [0.29, 0.717) is 25.9 Å². The Kier molecular flexibility index (Phi) is 16.1. The van der Waals surface area contributed by atoms with E-state index in [1.807, 2.05) is 45.6 Å². The molecule has 0 heterocycles. The maximum absolute atomic E-state index is 12.7. The van der Waals surface area contributed by atoms with Gasteiger partial charge in [0.05, 0.1) is 19.7 Å². The summed E-state index contributed by atoms with van der Waals surface area (Å²) in [6.45, 7) is 17.6. The van der Waals surface area contributed by atoms with E-state index in [9.17, 15) is 14.7 Å². The molecule has 1 unspecified atom stereocenters. The summed E-state index contributed by atoms with van der Waals surface area (Å²) in [5.41, 5.74) is 2.85. The number of aryl methyl sites for hydroxylation is 1. The zero-order valence-corrected chi connectivity index (χ0v) is 31.2. The molecule has 0 saturated heterocycles. The van der Waals surface area contributed by atoms with Gasteiger partial charge in [0, 0.05) is 6.54 Å². The van der Waals surface area contributed by atoms with Crippen molar-refractivity contribution < 1.29 is 28.9 Å². The van der Waals surface area contributed by atoms with Gasteiger partial charge in [-0.3, -0.25) is 5.32 Å². The minimum absolute atomic E-state index is 0.274. The summed E-state index contributed by atoms with van der Waals surface area (Å²) in [5, 5.41) is 20.3. The number of guanidine groups is 1. The molecule has 252 valence electrons. The number of aliphatic imine (C=N–C) groups is 1. The molecule has 10 nitrogen and oxygen atoms in total. The second-order valence-corrected chi connectivity index (χ2v) is 16.3. The highest BCUT2D eigenvalue weighted by atomic mass is 32.3. The molecule has 0 aliphatic heterocycles. The number of hydrogen-bond donors (Lipinski definition) is 4. The summed E-state index contributed by atoms with van der Waals surface area (Å²) in [6, 6.07) is 1.41. The Morgan fingerprint density at radius 2 is 1.48 bits per heavy atom. The standard InChI is InChI=1S/C31H54N4O6S3/c1-19-17-24(39-10)21(3)20(2)22(19)18-33-26(35-28(38)41-30(7,8)9)32-16-14-15-23(34-27(37)40-29(4,5)6)25(36)31(42-11,43-12)44-13/h17,23,25,36H,14-16,18H2,1-13H3,(H,34,37)(H2,32,33,35,38)/t23-,25?/m0/s1. The first-order chi connectivity index (χ1) is 20.3. The fraction of sp³-hybridized carbons (Fsp3) is 0.710. The van der Waals surface area contributed by atoms with Gasteiger partial charge in [-0.2, -0.15) is 0 Å². The molecular weight excluding hydrogens is 621 g/mol. The first kappa shape index (κ1) is 40.1. The van der Waals surface area contributed by atoms with Gasteiger partial charge in [0.25, 0.3) is 0 Å². The average molecular weight is 675 g/mol. The number of alkyl carbamates (subject to hydrolysis) is 2. The Morgan fingerprint density at radius 3 is 1.98 bits per heavy atom. The number of thioether (sulfide) groups is 3. The van der Waals surface area contributed by atoms with Gasteiger partial charge in [0.15, 0.2) is 0 Å². The van der Waals surface area contributed by atoms with Crippen molar-refractivity contribution in [3.63, 3.8) is 0 Å². The number of carbonyl (C=O) groups is 2. The monoisotopic (exact) mass is 674 g/mol. The molecule has 2 atom stereocenters. The molecule has 0 aromatic heterocycles. The first-order valence-electron chi connectivity index (χ1n) is 14.6. The fourth-order valence-electron chi connectivity index (χ4n) is 4.41. The summed E-state index contributed by atoms with van der Waals surface area (Å²) in [5.74, 6) is 1.10. The zero-order valence-electron chi connectivity index (χ0n) is 28.7. The molecular formula is C31H54N4O6S3. The SMILES string of the molecule is COc1cc(C)c(CN=C(NCCC[C@H](NC(=O)OC(C)(C)C)C(O)C(SC)(SC)SC)NC(=O)OC(C)(C)C)c(C)c1C. The maximum atomic E-state index is 12.7. The van der Waals surface area contributed by atoms with Gasteiger partial charge in [0.1, 0.15) is 26.5 Å². The molecule has 1 rings (SSSR count). The van der Waals surface area contributed by atoms with Crippen LogP contribution in [0, 0.1) is 20.8 Å². The number of aliphatic hydroxyl groups is 1. The van der Waals surface area contributed by atoms with Crippen molar-refractivity contribution in [2.24, 2.45) is 4.99 Å². The van der Waals surface area contributed by atoms with Crippen LogP contribution in [-0.4, -0.2) is 82.4 Å². The Hall–Kier alpha value is -1.96. The molecule has 0 saturated carbocycles. The molecule has 4 N–H and O–H groups in total. The number of nitrogens with zero attached hydrogens (tertiary/aromatic N) is 1. The molecule has 1 aromatic carbocycles. The highest BCUT2D eigenvalue weighted by molar-refractivity contribution is 8.33. The predicted molar refractivity (Wildman–Crippen MR) is 187 cm³/mol. The van der Waals surface area contributed by atoms with Crippen molar-refractivity contribution in [2.75, 3.05) is 32.4 Å². The molecule has 0 aliphatic carbocycles. The van der Waals surface area contributed by atoms with Crippen molar-refractivity contribution in [2.45, 2.75) is 108 Å². The molecule has 0 fully saturated rings. The van der Waals surface area contributed by atoms with Crippen LogP contribution >= 0.6 is 35.3 Å². The summed E-state index contributed by atoms with van der Waals surface area (Å²) < 4.78 is 15.9. The maximum Gasteiger partial charge on any atom is 0.414 e. The van der Waals surface area contributed by atoms with Gasteiger partial charge >= 0.3 is 12.2 Å². The van der Waals surface area contributed by atoms with Crippen LogP contribution in [0.25, 0.3) is 0 Å². The number of benzene rings is 1. The molecule has 2 amide bonds. The Balaban J connectivity index is 3.17. The van der Waals surface area contributed by atoms with E-state index in [4.69, 9.17) is 19.2 Å². The van der Waals surface area contributed by atoms with E-state index >= 15 is 0 Å². The summed E-state index contributed by atoms with van der Waals surface area (Å²) in [4.78, 5) is 30.1. The quantitative estimate of drug-likeness (QED) is 0.0811. The van der Waals surface area contributed by atoms with Crippen LogP contribution in [0.5, 0.6) is 5.75 Å². The van der Waals surface area contributed by atoms with Crippen LogP contribution in [0.15, 0.2) is 11.1 Å². The second-order valence-electron chi connectivity index (χ2n) is 12.4. The van der Waals surface area contributed by atoms with E-state index in [0.717, 1.165) is 28.0 Å². The van der Waals surface area contributed by atoms with Crippen molar-refractivity contribution in [3.05, 3.63) is 28.3 Å². The number of methoxy groups -OCH3 is 1. The smallest absolute Gasteiger partial charge is 0.414 e. The van der Waals surface area contributed by atoms with Crippen molar-refractivity contribution in [1.82, 2.24) is 16.0 Å². The third-order valence-corrected chi connectivity index (χ3v) is 12.2.